The minimum Gasteiger partial charge on any atom is -0.477 e. The van der Waals surface area contributed by atoms with Crippen LogP contribution in [-0.2, 0) is 4.79 Å². The second-order valence-corrected chi connectivity index (χ2v) is 2.64. The van der Waals surface area contributed by atoms with Crippen molar-refractivity contribution in [2.75, 3.05) is 5.73 Å². The first-order chi connectivity index (χ1) is 6.63. The number of carbonyl (C=O) groups is 1. The lowest BCUT2D eigenvalue weighted by Crippen LogP contribution is -1.97. The number of nitrogens with two attached hydrogens (primary N) is 1. The summed E-state index contributed by atoms with van der Waals surface area (Å²) in [4.78, 5) is 10.5. The Morgan fingerprint density at radius 1 is 1.43 bits per heavy atom. The van der Waals surface area contributed by atoms with Crippen LogP contribution in [0.1, 0.15) is 5.56 Å². The van der Waals surface area contributed by atoms with E-state index in [4.69, 9.17) is 16.1 Å². The summed E-state index contributed by atoms with van der Waals surface area (Å²) in [7, 11) is 0. The third-order valence-electron chi connectivity index (χ3n) is 1.60. The van der Waals surface area contributed by atoms with E-state index in [-0.39, 0.29) is 5.57 Å². The van der Waals surface area contributed by atoms with Gasteiger partial charge in [-0.2, -0.15) is 5.26 Å². The van der Waals surface area contributed by atoms with Gasteiger partial charge in [0.25, 0.3) is 0 Å². The van der Waals surface area contributed by atoms with Crippen molar-refractivity contribution in [3.8, 4) is 6.07 Å². The standard InChI is InChI=1S/C10H8N2O2/c11-6-8(10(13)14)5-7-1-3-9(12)4-2-7/h1-5H,12H2,(H,13,14)/b8-5-. The predicted octanol–water partition coefficient (Wildman–Crippen LogP) is 1.26. The summed E-state index contributed by atoms with van der Waals surface area (Å²) >= 11 is 0. The predicted molar refractivity (Wildman–Crippen MR) is 52.1 cm³/mol. The van der Waals surface area contributed by atoms with Gasteiger partial charge in [-0.3, -0.25) is 0 Å². The molecule has 0 aliphatic carbocycles. The molecule has 0 aromatic heterocycles. The number of carboxylic acids is 1. The van der Waals surface area contributed by atoms with Crippen LogP contribution in [0.3, 0.4) is 0 Å². The van der Waals surface area contributed by atoms with Crippen LogP contribution >= 0.6 is 0 Å². The number of aliphatic carboxylic acids is 1. The van der Waals surface area contributed by atoms with Crippen molar-refractivity contribution in [1.29, 1.82) is 5.26 Å². The van der Waals surface area contributed by atoms with Gasteiger partial charge in [0.1, 0.15) is 11.6 Å². The van der Waals surface area contributed by atoms with Gasteiger partial charge in [0.15, 0.2) is 0 Å². The van der Waals surface area contributed by atoms with Crippen LogP contribution in [0.25, 0.3) is 6.08 Å². The molecule has 0 fully saturated rings. The topological polar surface area (TPSA) is 87.1 Å². The van der Waals surface area contributed by atoms with E-state index in [0.29, 0.717) is 11.3 Å². The van der Waals surface area contributed by atoms with E-state index in [2.05, 4.69) is 0 Å². The Morgan fingerprint density at radius 3 is 2.43 bits per heavy atom. The summed E-state index contributed by atoms with van der Waals surface area (Å²) in [6.45, 7) is 0. The Kier molecular flexibility index (Phi) is 2.87. The quantitative estimate of drug-likeness (QED) is 0.415. The largest absolute Gasteiger partial charge is 0.477 e. The Labute approximate surface area is 80.9 Å². The first-order valence-electron chi connectivity index (χ1n) is 3.84. The number of hydrogen-bond acceptors (Lipinski definition) is 3. The highest BCUT2D eigenvalue weighted by Crippen LogP contribution is 2.09. The molecule has 3 N–H and O–H groups in total. The number of rotatable bonds is 2. The molecule has 0 unspecified atom stereocenters. The Bertz CT molecular complexity index is 413. The summed E-state index contributed by atoms with van der Waals surface area (Å²) < 4.78 is 0. The molecule has 1 aromatic rings. The van der Waals surface area contributed by atoms with Gasteiger partial charge < -0.3 is 10.8 Å². The van der Waals surface area contributed by atoms with Crippen molar-refractivity contribution in [2.24, 2.45) is 0 Å². The molecule has 0 aliphatic rings. The molecule has 0 aliphatic heterocycles. The lowest BCUT2D eigenvalue weighted by Gasteiger charge is -1.95. The van der Waals surface area contributed by atoms with Crippen LogP contribution in [0.4, 0.5) is 5.69 Å². The molecule has 0 amide bonds. The summed E-state index contributed by atoms with van der Waals surface area (Å²) in [5, 5.41) is 17.1. The maximum absolute atomic E-state index is 10.5. The second-order valence-electron chi connectivity index (χ2n) is 2.64. The van der Waals surface area contributed by atoms with Crippen molar-refractivity contribution >= 4 is 17.7 Å². The second kappa shape index (κ2) is 4.10. The molecule has 14 heavy (non-hydrogen) atoms. The highest BCUT2D eigenvalue weighted by Gasteiger charge is 2.04. The lowest BCUT2D eigenvalue weighted by molar-refractivity contribution is -0.132. The van der Waals surface area contributed by atoms with Crippen LogP contribution in [0.15, 0.2) is 29.8 Å². The number of nitriles is 1. The number of benzene rings is 1. The van der Waals surface area contributed by atoms with E-state index in [1.54, 1.807) is 30.3 Å². The highest BCUT2D eigenvalue weighted by atomic mass is 16.4. The molecule has 0 spiro atoms. The van der Waals surface area contributed by atoms with E-state index in [0.717, 1.165) is 0 Å². The molecule has 1 aromatic carbocycles. The summed E-state index contributed by atoms with van der Waals surface area (Å²) in [5.41, 5.74) is 6.38. The third kappa shape index (κ3) is 2.35. The van der Waals surface area contributed by atoms with Crippen molar-refractivity contribution < 1.29 is 9.90 Å². The van der Waals surface area contributed by atoms with Gasteiger partial charge in [-0.25, -0.2) is 4.79 Å². The van der Waals surface area contributed by atoms with Gasteiger partial charge in [0.2, 0.25) is 0 Å². The van der Waals surface area contributed by atoms with Gasteiger partial charge in [0, 0.05) is 5.69 Å². The number of carboxylic acid groups (broad SMARTS) is 1. The highest BCUT2D eigenvalue weighted by molar-refractivity contribution is 5.96. The van der Waals surface area contributed by atoms with E-state index < -0.39 is 5.97 Å². The first kappa shape index (κ1) is 9.81. The fraction of sp³-hybridized carbons (Fsp3) is 0. The molecule has 0 saturated heterocycles. The Balaban J connectivity index is 3.03. The zero-order valence-electron chi connectivity index (χ0n) is 7.27. The van der Waals surface area contributed by atoms with E-state index >= 15 is 0 Å². The van der Waals surface area contributed by atoms with Crippen LogP contribution < -0.4 is 5.73 Å². The third-order valence-corrected chi connectivity index (χ3v) is 1.60. The molecule has 0 bridgehead atoms. The maximum atomic E-state index is 10.5. The summed E-state index contributed by atoms with van der Waals surface area (Å²) in [6, 6.07) is 8.17. The average Bonchev–Trinajstić information content (AvgIpc) is 2.16. The van der Waals surface area contributed by atoms with Gasteiger partial charge in [-0.05, 0) is 23.8 Å². The van der Waals surface area contributed by atoms with Crippen LogP contribution in [0.2, 0.25) is 0 Å². The SMILES string of the molecule is N#C/C(=C/c1ccc(N)cc1)C(=O)O. The fourth-order valence-electron chi connectivity index (χ4n) is 0.901. The normalized spacial score (nSPS) is 10.6. The molecule has 0 saturated carbocycles. The van der Waals surface area contributed by atoms with Crippen molar-refractivity contribution in [3.05, 3.63) is 35.4 Å². The first-order valence-corrected chi connectivity index (χ1v) is 3.84. The van der Waals surface area contributed by atoms with Gasteiger partial charge >= 0.3 is 5.97 Å². The van der Waals surface area contributed by atoms with Crippen LogP contribution in [0.5, 0.6) is 0 Å². The van der Waals surface area contributed by atoms with Crippen molar-refractivity contribution in [1.82, 2.24) is 0 Å². The van der Waals surface area contributed by atoms with Crippen LogP contribution in [0, 0.1) is 11.3 Å². The number of anilines is 1. The maximum Gasteiger partial charge on any atom is 0.346 e. The minimum absolute atomic E-state index is 0.297. The smallest absolute Gasteiger partial charge is 0.346 e. The van der Waals surface area contributed by atoms with Crippen molar-refractivity contribution in [2.45, 2.75) is 0 Å². The summed E-state index contributed by atoms with van der Waals surface area (Å²) in [6.07, 6.45) is 1.29. The summed E-state index contributed by atoms with van der Waals surface area (Å²) in [5.74, 6) is -1.23. The number of nitrogens with zero attached hydrogens (tertiary/aromatic N) is 1. The van der Waals surface area contributed by atoms with Crippen molar-refractivity contribution in [3.63, 3.8) is 0 Å². The molecular weight excluding hydrogens is 180 g/mol. The molecule has 1 rings (SSSR count). The van der Waals surface area contributed by atoms with Gasteiger partial charge in [0.05, 0.1) is 0 Å². The molecule has 0 heterocycles. The van der Waals surface area contributed by atoms with E-state index in [9.17, 15) is 4.79 Å². The molecular formula is C10H8N2O2. The number of hydrogen-bond donors (Lipinski definition) is 2. The monoisotopic (exact) mass is 188 g/mol. The fourth-order valence-corrected chi connectivity index (χ4v) is 0.901. The van der Waals surface area contributed by atoms with Crippen LogP contribution in [-0.4, -0.2) is 11.1 Å². The Morgan fingerprint density at radius 2 is 2.00 bits per heavy atom. The van der Waals surface area contributed by atoms with Gasteiger partial charge in [-0.15, -0.1) is 0 Å². The molecule has 0 atom stereocenters. The lowest BCUT2D eigenvalue weighted by atomic mass is 10.1. The molecule has 70 valence electrons. The zero-order valence-corrected chi connectivity index (χ0v) is 7.27. The average molecular weight is 188 g/mol. The molecule has 4 heteroatoms. The zero-order chi connectivity index (χ0) is 10.6. The minimum atomic E-state index is -1.23. The van der Waals surface area contributed by atoms with E-state index in [1.165, 1.54) is 6.08 Å². The Hall–Kier alpha value is -2.28. The van der Waals surface area contributed by atoms with E-state index in [1.807, 2.05) is 0 Å². The molecule has 0 radical (unpaired) electrons. The molecule has 4 nitrogen and oxygen atoms in total. The van der Waals surface area contributed by atoms with Gasteiger partial charge in [-0.1, -0.05) is 12.1 Å². The number of nitrogen functional groups attached to an aromatic ring is 1.